The van der Waals surface area contributed by atoms with Crippen molar-refractivity contribution in [3.63, 3.8) is 0 Å². The number of benzene rings is 1. The smallest absolute Gasteiger partial charge is 0.297 e. The van der Waals surface area contributed by atoms with Crippen LogP contribution >= 0.6 is 0 Å². The monoisotopic (exact) mass is 332 g/mol. The normalized spacial score (nSPS) is 15.6. The number of allylic oxidation sites excluding steroid dienone is 1. The predicted octanol–water partition coefficient (Wildman–Crippen LogP) is -0.0397. The average Bonchev–Trinajstić information content (AvgIpc) is 2.30. The van der Waals surface area contributed by atoms with Crippen molar-refractivity contribution in [3.05, 3.63) is 28.2 Å². The van der Waals surface area contributed by atoms with Gasteiger partial charge in [0.2, 0.25) is 5.78 Å². The third-order valence-electron chi connectivity index (χ3n) is 2.76. The van der Waals surface area contributed by atoms with Crippen molar-refractivity contribution in [2.75, 3.05) is 5.73 Å². The third-order valence-corrected chi connectivity index (χ3v) is 4.61. The Morgan fingerprint density at radius 1 is 1.05 bits per heavy atom. The maximum absolute atomic E-state index is 11.9. The van der Waals surface area contributed by atoms with Gasteiger partial charge in [-0.1, -0.05) is 0 Å². The fraction of sp³-hybridized carbons (Fsp3) is 0. The van der Waals surface area contributed by atoms with Crippen LogP contribution in [-0.4, -0.2) is 37.4 Å². The molecule has 0 atom stereocenters. The number of anilines is 1. The van der Waals surface area contributed by atoms with Crippen LogP contribution in [0.25, 0.3) is 6.08 Å². The zero-order chi connectivity index (χ0) is 16.2. The van der Waals surface area contributed by atoms with Gasteiger partial charge in [0.1, 0.15) is 15.5 Å². The van der Waals surface area contributed by atoms with Gasteiger partial charge >= 0.3 is 0 Å². The minimum atomic E-state index is -4.93. The van der Waals surface area contributed by atoms with Gasteiger partial charge in [-0.3, -0.25) is 19.3 Å². The van der Waals surface area contributed by atoms with Crippen molar-refractivity contribution in [1.29, 1.82) is 5.41 Å². The first-order valence-electron chi connectivity index (χ1n) is 5.17. The van der Waals surface area contributed by atoms with Crippen LogP contribution in [0.15, 0.2) is 21.9 Å². The summed E-state index contributed by atoms with van der Waals surface area (Å²) in [5, 5.41) is 7.42. The number of carbonyl (C=O) groups is 1. The Morgan fingerprint density at radius 3 is 2.10 bits per heavy atom. The number of rotatable bonds is 2. The van der Waals surface area contributed by atoms with E-state index in [0.29, 0.717) is 6.08 Å². The van der Waals surface area contributed by atoms with Gasteiger partial charge in [0.05, 0.1) is 5.69 Å². The lowest BCUT2D eigenvalue weighted by atomic mass is 9.94. The molecule has 21 heavy (non-hydrogen) atoms. The molecule has 1 aliphatic rings. The first-order chi connectivity index (χ1) is 9.44. The fourth-order valence-electron chi connectivity index (χ4n) is 1.90. The van der Waals surface area contributed by atoms with Gasteiger partial charge in [-0.2, -0.15) is 16.8 Å². The van der Waals surface area contributed by atoms with Crippen LogP contribution in [0.5, 0.6) is 0 Å². The van der Waals surface area contributed by atoms with Gasteiger partial charge in [0.15, 0.2) is 0 Å². The van der Waals surface area contributed by atoms with E-state index in [1.165, 1.54) is 0 Å². The number of hydrogen-bond donors (Lipinski definition) is 4. The highest BCUT2D eigenvalue weighted by atomic mass is 32.2. The molecular formula is C10H8N2O7S2. The number of carbonyl (C=O) groups excluding carboxylic acids is 1. The van der Waals surface area contributed by atoms with Crippen LogP contribution in [0, 0.1) is 5.41 Å². The van der Waals surface area contributed by atoms with E-state index in [1.54, 1.807) is 0 Å². The summed E-state index contributed by atoms with van der Waals surface area (Å²) in [4.78, 5) is 9.97. The van der Waals surface area contributed by atoms with E-state index < -0.39 is 52.8 Å². The summed E-state index contributed by atoms with van der Waals surface area (Å²) >= 11 is 0. The van der Waals surface area contributed by atoms with Crippen LogP contribution in [-0.2, 0) is 20.2 Å². The molecular weight excluding hydrogens is 324 g/mol. The number of nitrogens with two attached hydrogens (primary N) is 1. The molecule has 112 valence electrons. The topological polar surface area (TPSA) is 176 Å². The molecule has 0 bridgehead atoms. The van der Waals surface area contributed by atoms with Gasteiger partial charge in [-0.25, -0.2) is 0 Å². The standard InChI is InChI=1S/C10H8N2O7S2/c11-6-2-1-4-5(10(6)21(17,18)19)3-7(20(14,15)16)8(12)9(4)13/h1-3,12H,11H2,(H,14,15,16)(H,17,18,19). The number of nitrogen functional groups attached to an aromatic ring is 1. The molecule has 11 heteroatoms. The van der Waals surface area contributed by atoms with E-state index in [0.717, 1.165) is 12.1 Å². The van der Waals surface area contributed by atoms with Crippen molar-refractivity contribution >= 4 is 43.5 Å². The Balaban J connectivity index is 2.99. The van der Waals surface area contributed by atoms with Crippen LogP contribution in [0.3, 0.4) is 0 Å². The summed E-state index contributed by atoms with van der Waals surface area (Å²) in [6, 6.07) is 2.12. The lowest BCUT2D eigenvalue weighted by Gasteiger charge is -2.17. The lowest BCUT2D eigenvalue weighted by molar-refractivity contribution is 0.106. The second-order valence-electron chi connectivity index (χ2n) is 4.11. The lowest BCUT2D eigenvalue weighted by Crippen LogP contribution is -2.26. The van der Waals surface area contributed by atoms with Crippen molar-refractivity contribution < 1.29 is 30.7 Å². The summed E-state index contributed by atoms with van der Waals surface area (Å²) in [5.41, 5.74) is 3.17. The average molecular weight is 332 g/mol. The molecule has 2 rings (SSSR count). The number of nitrogens with one attached hydrogen (secondary N) is 1. The summed E-state index contributed by atoms with van der Waals surface area (Å²) in [6.45, 7) is 0. The maximum atomic E-state index is 11.9. The fourth-order valence-corrected chi connectivity index (χ4v) is 3.33. The third kappa shape index (κ3) is 2.47. The van der Waals surface area contributed by atoms with Gasteiger partial charge in [-0.05, 0) is 18.2 Å². The Morgan fingerprint density at radius 2 is 1.62 bits per heavy atom. The molecule has 0 radical (unpaired) electrons. The van der Waals surface area contributed by atoms with Gasteiger partial charge < -0.3 is 5.73 Å². The molecule has 1 aromatic rings. The van der Waals surface area contributed by atoms with Crippen LogP contribution in [0.1, 0.15) is 15.9 Å². The van der Waals surface area contributed by atoms with E-state index in [4.69, 9.17) is 20.2 Å². The van der Waals surface area contributed by atoms with Gasteiger partial charge in [0, 0.05) is 11.1 Å². The van der Waals surface area contributed by atoms with E-state index in [2.05, 4.69) is 0 Å². The molecule has 0 spiro atoms. The molecule has 0 fully saturated rings. The van der Waals surface area contributed by atoms with E-state index in [-0.39, 0.29) is 5.56 Å². The Kier molecular flexibility index (Phi) is 3.25. The Labute approximate surface area is 119 Å². The highest BCUT2D eigenvalue weighted by molar-refractivity contribution is 7.91. The van der Waals surface area contributed by atoms with Gasteiger partial charge in [0.25, 0.3) is 20.2 Å². The second-order valence-corrected chi connectivity index (χ2v) is 6.86. The number of Topliss-reactive ketones (excluding diaryl/α,β-unsaturated/α-hetero) is 1. The SMILES string of the molecule is N=C1C(=O)c2ccc(N)c(S(=O)(=O)O)c2C=C1S(=O)(=O)O. The highest BCUT2D eigenvalue weighted by Crippen LogP contribution is 2.33. The highest BCUT2D eigenvalue weighted by Gasteiger charge is 2.34. The van der Waals surface area contributed by atoms with E-state index in [9.17, 15) is 21.6 Å². The molecule has 0 saturated carbocycles. The van der Waals surface area contributed by atoms with Crippen molar-refractivity contribution in [1.82, 2.24) is 0 Å². The molecule has 0 unspecified atom stereocenters. The molecule has 1 aromatic carbocycles. The Hall–Kier alpha value is -2.08. The van der Waals surface area contributed by atoms with Crippen molar-refractivity contribution in [2.45, 2.75) is 4.90 Å². The molecule has 9 nitrogen and oxygen atoms in total. The first-order valence-corrected chi connectivity index (χ1v) is 8.05. The first kappa shape index (κ1) is 15.3. The molecule has 0 amide bonds. The molecule has 0 aliphatic heterocycles. The summed E-state index contributed by atoms with van der Waals surface area (Å²) < 4.78 is 63.1. The van der Waals surface area contributed by atoms with E-state index in [1.807, 2.05) is 0 Å². The summed E-state index contributed by atoms with van der Waals surface area (Å²) in [5.74, 6) is -1.12. The predicted molar refractivity (Wildman–Crippen MR) is 72.3 cm³/mol. The Bertz CT molecular complexity index is 926. The minimum Gasteiger partial charge on any atom is -0.398 e. The molecule has 5 N–H and O–H groups in total. The zero-order valence-corrected chi connectivity index (χ0v) is 11.7. The van der Waals surface area contributed by atoms with Crippen molar-refractivity contribution in [2.24, 2.45) is 0 Å². The van der Waals surface area contributed by atoms with Crippen LogP contribution in [0.2, 0.25) is 0 Å². The molecule has 0 heterocycles. The maximum Gasteiger partial charge on any atom is 0.297 e. The molecule has 0 aromatic heterocycles. The molecule has 0 saturated heterocycles. The largest absolute Gasteiger partial charge is 0.398 e. The minimum absolute atomic E-state index is 0.325. The zero-order valence-electron chi connectivity index (χ0n) is 10.1. The van der Waals surface area contributed by atoms with E-state index >= 15 is 0 Å². The quantitative estimate of drug-likeness (QED) is 0.430. The summed E-state index contributed by atoms with van der Waals surface area (Å²) in [7, 11) is -9.78. The summed E-state index contributed by atoms with van der Waals surface area (Å²) in [6.07, 6.45) is 0.605. The number of ketones is 1. The van der Waals surface area contributed by atoms with Crippen LogP contribution < -0.4 is 5.73 Å². The van der Waals surface area contributed by atoms with Gasteiger partial charge in [-0.15, -0.1) is 0 Å². The number of hydrogen-bond acceptors (Lipinski definition) is 7. The number of fused-ring (bicyclic) bond motifs is 1. The van der Waals surface area contributed by atoms with Crippen molar-refractivity contribution in [3.8, 4) is 0 Å². The van der Waals surface area contributed by atoms with Crippen LogP contribution in [0.4, 0.5) is 5.69 Å². The second kappa shape index (κ2) is 4.46. The molecule has 1 aliphatic carbocycles.